The number of aliphatic hydroxyl groups excluding tert-OH is 1. The van der Waals surface area contributed by atoms with Crippen LogP contribution in [0.4, 0.5) is 0 Å². The lowest BCUT2D eigenvalue weighted by Crippen LogP contribution is -2.48. The van der Waals surface area contributed by atoms with Crippen LogP contribution in [0.2, 0.25) is 0 Å². The van der Waals surface area contributed by atoms with Gasteiger partial charge < -0.3 is 24.4 Å². The van der Waals surface area contributed by atoms with Gasteiger partial charge in [-0.25, -0.2) is 4.79 Å². The summed E-state index contributed by atoms with van der Waals surface area (Å²) >= 11 is 0. The Morgan fingerprint density at radius 3 is 3.00 bits per heavy atom. The van der Waals surface area contributed by atoms with E-state index in [0.29, 0.717) is 0 Å². The number of aliphatic hydroxyl groups is 2. The van der Waals surface area contributed by atoms with Gasteiger partial charge in [0.15, 0.2) is 6.10 Å². The summed E-state index contributed by atoms with van der Waals surface area (Å²) in [6.07, 6.45) is -3.20. The van der Waals surface area contributed by atoms with Gasteiger partial charge in [-0.2, -0.15) is 0 Å². The Morgan fingerprint density at radius 1 is 1.69 bits per heavy atom. The Bertz CT molecular complexity index is 241. The van der Waals surface area contributed by atoms with Crippen molar-refractivity contribution in [2.75, 3.05) is 13.7 Å². The van der Waals surface area contributed by atoms with Crippen molar-refractivity contribution in [2.45, 2.75) is 24.1 Å². The second-order valence-corrected chi connectivity index (χ2v) is 3.10. The van der Waals surface area contributed by atoms with Gasteiger partial charge in [0.25, 0.3) is 0 Å². The molecule has 0 radical (unpaired) electrons. The van der Waals surface area contributed by atoms with Gasteiger partial charge in [0.2, 0.25) is 11.9 Å². The normalized spacial score (nSPS) is 49.2. The van der Waals surface area contributed by atoms with E-state index in [1.807, 2.05) is 0 Å². The number of hydrogen-bond acceptors (Lipinski definition) is 6. The molecule has 2 unspecified atom stereocenters. The zero-order valence-electron chi connectivity index (χ0n) is 6.97. The molecule has 13 heavy (non-hydrogen) atoms. The van der Waals surface area contributed by atoms with Crippen LogP contribution in [0.1, 0.15) is 0 Å². The Morgan fingerprint density at radius 2 is 2.38 bits per heavy atom. The number of esters is 1. The van der Waals surface area contributed by atoms with Crippen LogP contribution in [0.25, 0.3) is 0 Å². The number of carbonyl (C=O) groups excluding carboxylic acids is 1. The van der Waals surface area contributed by atoms with E-state index in [2.05, 4.69) is 0 Å². The van der Waals surface area contributed by atoms with Crippen LogP contribution in [0.15, 0.2) is 0 Å². The summed E-state index contributed by atoms with van der Waals surface area (Å²) in [5.41, 5.74) is 0. The minimum Gasteiger partial charge on any atom is -0.452 e. The molecule has 0 spiro atoms. The molecule has 0 bridgehead atoms. The summed E-state index contributed by atoms with van der Waals surface area (Å²) in [5.74, 6) is -2.54. The van der Waals surface area contributed by atoms with Gasteiger partial charge in [-0.15, -0.1) is 0 Å². The highest BCUT2D eigenvalue weighted by molar-refractivity contribution is 5.79. The summed E-state index contributed by atoms with van der Waals surface area (Å²) in [4.78, 5) is 11.1. The van der Waals surface area contributed by atoms with Crippen molar-refractivity contribution in [3.63, 3.8) is 0 Å². The highest BCUT2D eigenvalue weighted by Gasteiger charge is 2.64. The van der Waals surface area contributed by atoms with Crippen molar-refractivity contribution >= 4 is 5.97 Å². The lowest BCUT2D eigenvalue weighted by Gasteiger charge is -2.22. The van der Waals surface area contributed by atoms with Crippen molar-refractivity contribution < 1.29 is 29.2 Å². The first kappa shape index (κ1) is 8.89. The van der Waals surface area contributed by atoms with E-state index in [9.17, 15) is 15.0 Å². The standard InChI is InChI=1S/C7H10O6/c1-11-5-6(9)13-4-3(8)2-12-7(4,5)10/h3-5,8,10H,2H2,1H3/t3?,4-,5?,7+/m1/s1. The van der Waals surface area contributed by atoms with E-state index < -0.39 is 30.1 Å². The number of methoxy groups -OCH3 is 1. The van der Waals surface area contributed by atoms with Crippen LogP contribution in [-0.4, -0.2) is 54.0 Å². The van der Waals surface area contributed by atoms with Crippen LogP contribution < -0.4 is 0 Å². The van der Waals surface area contributed by atoms with E-state index in [-0.39, 0.29) is 6.61 Å². The molecule has 0 aromatic heterocycles. The number of fused-ring (bicyclic) bond motifs is 1. The molecule has 2 aliphatic rings. The molecule has 2 rings (SSSR count). The quantitative estimate of drug-likeness (QED) is 0.465. The first-order valence-electron chi connectivity index (χ1n) is 3.87. The van der Waals surface area contributed by atoms with E-state index >= 15 is 0 Å². The number of rotatable bonds is 1. The molecule has 2 aliphatic heterocycles. The largest absolute Gasteiger partial charge is 0.452 e. The van der Waals surface area contributed by atoms with Crippen molar-refractivity contribution in [1.29, 1.82) is 0 Å². The maximum Gasteiger partial charge on any atom is 0.341 e. The van der Waals surface area contributed by atoms with E-state index in [1.54, 1.807) is 0 Å². The fraction of sp³-hybridized carbons (Fsp3) is 0.857. The Labute approximate surface area is 74.0 Å². The average Bonchev–Trinajstić information content (AvgIpc) is 2.48. The lowest BCUT2D eigenvalue weighted by molar-refractivity contribution is -0.229. The second kappa shape index (κ2) is 2.65. The summed E-state index contributed by atoms with van der Waals surface area (Å²) in [6.45, 7) is -0.0612. The van der Waals surface area contributed by atoms with Crippen molar-refractivity contribution in [3.8, 4) is 0 Å². The van der Waals surface area contributed by atoms with Gasteiger partial charge in [-0.05, 0) is 0 Å². The van der Waals surface area contributed by atoms with Crippen molar-refractivity contribution in [3.05, 3.63) is 0 Å². The van der Waals surface area contributed by atoms with E-state index in [1.165, 1.54) is 7.11 Å². The zero-order chi connectivity index (χ0) is 9.64. The highest BCUT2D eigenvalue weighted by Crippen LogP contribution is 2.37. The van der Waals surface area contributed by atoms with Gasteiger partial charge in [-0.3, -0.25) is 0 Å². The molecule has 2 saturated heterocycles. The molecule has 0 aromatic carbocycles. The summed E-state index contributed by atoms with van der Waals surface area (Å²) in [6, 6.07) is 0. The number of ether oxygens (including phenoxy) is 3. The molecule has 0 amide bonds. The Balaban J connectivity index is 2.29. The molecule has 4 atom stereocenters. The van der Waals surface area contributed by atoms with Gasteiger partial charge in [0.05, 0.1) is 6.61 Å². The molecule has 0 aromatic rings. The van der Waals surface area contributed by atoms with E-state index in [4.69, 9.17) is 14.2 Å². The van der Waals surface area contributed by atoms with Gasteiger partial charge >= 0.3 is 5.97 Å². The zero-order valence-corrected chi connectivity index (χ0v) is 6.97. The van der Waals surface area contributed by atoms with Gasteiger partial charge in [0.1, 0.15) is 6.10 Å². The van der Waals surface area contributed by atoms with Crippen LogP contribution in [0.3, 0.4) is 0 Å². The summed E-state index contributed by atoms with van der Waals surface area (Å²) in [7, 11) is 1.26. The maximum atomic E-state index is 11.1. The van der Waals surface area contributed by atoms with Gasteiger partial charge in [-0.1, -0.05) is 0 Å². The van der Waals surface area contributed by atoms with Crippen LogP contribution in [-0.2, 0) is 19.0 Å². The lowest BCUT2D eigenvalue weighted by atomic mass is 10.1. The van der Waals surface area contributed by atoms with Crippen LogP contribution in [0.5, 0.6) is 0 Å². The highest BCUT2D eigenvalue weighted by atomic mass is 16.7. The smallest absolute Gasteiger partial charge is 0.341 e. The Kier molecular flexibility index (Phi) is 1.81. The van der Waals surface area contributed by atoms with E-state index in [0.717, 1.165) is 0 Å². The first-order chi connectivity index (χ1) is 6.09. The van der Waals surface area contributed by atoms with Crippen molar-refractivity contribution in [1.82, 2.24) is 0 Å². The molecular weight excluding hydrogens is 180 g/mol. The van der Waals surface area contributed by atoms with Crippen LogP contribution in [0, 0.1) is 0 Å². The molecule has 2 N–H and O–H groups in total. The third kappa shape index (κ3) is 1.000. The predicted molar refractivity (Wildman–Crippen MR) is 37.6 cm³/mol. The average molecular weight is 190 g/mol. The third-order valence-electron chi connectivity index (χ3n) is 2.31. The molecule has 2 heterocycles. The topological polar surface area (TPSA) is 85.2 Å². The molecule has 6 nitrogen and oxygen atoms in total. The third-order valence-corrected chi connectivity index (χ3v) is 2.31. The predicted octanol–water partition coefficient (Wildman–Crippen LogP) is -1.99. The minimum absolute atomic E-state index is 0.0612. The Hall–Kier alpha value is -0.690. The second-order valence-electron chi connectivity index (χ2n) is 3.10. The molecule has 0 saturated carbocycles. The van der Waals surface area contributed by atoms with Crippen molar-refractivity contribution in [2.24, 2.45) is 0 Å². The minimum atomic E-state index is -1.83. The van der Waals surface area contributed by atoms with Crippen LogP contribution >= 0.6 is 0 Å². The molecule has 6 heteroatoms. The maximum absolute atomic E-state index is 11.1. The molecule has 2 fully saturated rings. The molecular formula is C7H10O6. The number of carbonyl (C=O) groups is 1. The fourth-order valence-corrected chi connectivity index (χ4v) is 1.67. The summed E-state index contributed by atoms with van der Waals surface area (Å²) in [5, 5.41) is 19.1. The summed E-state index contributed by atoms with van der Waals surface area (Å²) < 4.78 is 14.3. The fourth-order valence-electron chi connectivity index (χ4n) is 1.67. The first-order valence-corrected chi connectivity index (χ1v) is 3.87. The molecule has 0 aliphatic carbocycles. The monoisotopic (exact) mass is 190 g/mol. The SMILES string of the molecule is COC1C(=O)O[C@@H]2C(O)CO[C@]12O. The molecule has 74 valence electrons. The van der Waals surface area contributed by atoms with Gasteiger partial charge in [0, 0.05) is 7.11 Å². The number of hydrogen-bond donors (Lipinski definition) is 2.